The molecule has 10 aromatic rings. The number of hydrogen-bond acceptors (Lipinski definition) is 1. The number of hydrogen-bond donors (Lipinski definition) is 0. The number of anilines is 3. The molecule has 8 aromatic carbocycles. The van der Waals surface area contributed by atoms with E-state index in [2.05, 4.69) is 191 Å². The van der Waals surface area contributed by atoms with Crippen LogP contribution in [0.3, 0.4) is 0 Å². The van der Waals surface area contributed by atoms with Crippen LogP contribution in [0.25, 0.3) is 68.7 Å². The topological polar surface area (TPSA) is 8.17 Å². The van der Waals surface area contributed by atoms with Crippen molar-refractivity contribution in [3.8, 4) is 16.8 Å². The Balaban J connectivity index is 1.17. The third kappa shape index (κ3) is 4.63. The molecule has 2 heterocycles. The van der Waals surface area contributed by atoms with Gasteiger partial charge < -0.3 is 0 Å². The van der Waals surface area contributed by atoms with E-state index in [0.29, 0.717) is 0 Å². The monoisotopic (exact) mass is 690 g/mol. The summed E-state index contributed by atoms with van der Waals surface area (Å²) in [6, 6.07) is 66.6. The summed E-state index contributed by atoms with van der Waals surface area (Å²) < 4.78 is 5.28. The van der Waals surface area contributed by atoms with Crippen molar-refractivity contribution in [1.29, 1.82) is 0 Å². The van der Waals surface area contributed by atoms with Crippen molar-refractivity contribution in [3.05, 3.63) is 182 Å². The molecular weight excluding hydrogens is 659 g/mol. The Morgan fingerprint density at radius 2 is 1.02 bits per heavy atom. The zero-order valence-electron chi connectivity index (χ0n) is 26.6. The molecule has 230 valence electrons. The van der Waals surface area contributed by atoms with Gasteiger partial charge in [-0.1, -0.05) is 12.1 Å². The van der Waals surface area contributed by atoms with E-state index in [0.717, 1.165) is 11.4 Å². The number of para-hydroxylation sites is 2. The van der Waals surface area contributed by atoms with Crippen LogP contribution in [0.15, 0.2) is 182 Å². The van der Waals surface area contributed by atoms with Gasteiger partial charge in [-0.15, -0.1) is 0 Å². The molecule has 0 atom stereocenters. The van der Waals surface area contributed by atoms with Gasteiger partial charge in [-0.3, -0.25) is 0 Å². The van der Waals surface area contributed by atoms with E-state index in [1.165, 1.54) is 74.4 Å². The van der Waals surface area contributed by atoms with Gasteiger partial charge in [0.25, 0.3) is 0 Å². The summed E-state index contributed by atoms with van der Waals surface area (Å²) >= 11 is 0.277. The third-order valence-electron chi connectivity index (χ3n) is 9.78. The van der Waals surface area contributed by atoms with Crippen molar-refractivity contribution in [2.45, 2.75) is 0 Å². The molecule has 0 saturated carbocycles. The van der Waals surface area contributed by atoms with E-state index >= 15 is 0 Å². The molecule has 0 amide bonds. The van der Waals surface area contributed by atoms with Crippen molar-refractivity contribution in [2.75, 3.05) is 4.90 Å². The molecule has 0 fully saturated rings. The molecule has 10 rings (SSSR count). The minimum absolute atomic E-state index is 0.277. The van der Waals surface area contributed by atoms with Crippen LogP contribution in [0.5, 0.6) is 0 Å². The van der Waals surface area contributed by atoms with E-state index in [-0.39, 0.29) is 14.5 Å². The van der Waals surface area contributed by atoms with E-state index in [1.54, 1.807) is 0 Å². The number of aromatic nitrogens is 1. The first-order chi connectivity index (χ1) is 24.3. The average molecular weight is 690 g/mol. The molecule has 0 N–H and O–H groups in total. The SMILES string of the molecule is c1ccc(-n2c3ccccc3c3cc(N(c4ccc(-c5cccc6ccccc56)cc4)c4ccc5c(c4)[se]c4ccccc45)ccc32)cc1. The van der Waals surface area contributed by atoms with Gasteiger partial charge in [-0.05, 0) is 0 Å². The zero-order valence-corrected chi connectivity index (χ0v) is 28.3. The molecule has 0 aliphatic heterocycles. The molecule has 3 heteroatoms. The van der Waals surface area contributed by atoms with Gasteiger partial charge in [0, 0.05) is 0 Å². The Labute approximate surface area is 290 Å². The normalized spacial score (nSPS) is 11.7. The van der Waals surface area contributed by atoms with Crippen molar-refractivity contribution < 1.29 is 0 Å². The van der Waals surface area contributed by atoms with Gasteiger partial charge in [0.1, 0.15) is 0 Å². The van der Waals surface area contributed by atoms with Gasteiger partial charge in [-0.25, -0.2) is 0 Å². The third-order valence-corrected chi connectivity index (χ3v) is 12.2. The van der Waals surface area contributed by atoms with E-state index in [4.69, 9.17) is 0 Å². The Bertz CT molecular complexity index is 2820. The van der Waals surface area contributed by atoms with Crippen LogP contribution in [0.1, 0.15) is 0 Å². The summed E-state index contributed by atoms with van der Waals surface area (Å²) in [6.07, 6.45) is 0. The van der Waals surface area contributed by atoms with Crippen LogP contribution in [-0.4, -0.2) is 19.1 Å². The second-order valence-corrected chi connectivity index (χ2v) is 14.9. The number of rotatable bonds is 5. The molecule has 0 radical (unpaired) electrons. The second-order valence-electron chi connectivity index (χ2n) is 12.6. The number of fused-ring (bicyclic) bond motifs is 7. The van der Waals surface area contributed by atoms with E-state index in [1.807, 2.05) is 0 Å². The molecule has 0 aliphatic rings. The average Bonchev–Trinajstić information content (AvgIpc) is 3.70. The van der Waals surface area contributed by atoms with Gasteiger partial charge >= 0.3 is 280 Å². The Morgan fingerprint density at radius 3 is 1.90 bits per heavy atom. The standard InChI is InChI=1S/C46H30N2Se/c1-2-13-33(14-3-1)48-43-19-8-6-16-39(43)42-29-35(26-28-44(42)48)47(36-25-27-41-40-17-7-9-20-45(40)49-46(41)30-36)34-23-21-32(22-24-34)38-18-10-12-31-11-4-5-15-37(31)38/h1-30H. The van der Waals surface area contributed by atoms with Gasteiger partial charge in [0.05, 0.1) is 0 Å². The summed E-state index contributed by atoms with van der Waals surface area (Å²) in [5, 5.41) is 7.77. The van der Waals surface area contributed by atoms with Crippen LogP contribution in [-0.2, 0) is 0 Å². The summed E-state index contributed by atoms with van der Waals surface area (Å²) in [6.45, 7) is 0. The van der Waals surface area contributed by atoms with E-state index in [9.17, 15) is 0 Å². The first-order valence-electron chi connectivity index (χ1n) is 16.7. The molecule has 0 aliphatic carbocycles. The minimum atomic E-state index is 0.277. The van der Waals surface area contributed by atoms with Crippen molar-refractivity contribution in [3.63, 3.8) is 0 Å². The summed E-state index contributed by atoms with van der Waals surface area (Å²) in [4.78, 5) is 2.43. The van der Waals surface area contributed by atoms with Crippen LogP contribution in [0.4, 0.5) is 17.1 Å². The molecule has 49 heavy (non-hydrogen) atoms. The maximum atomic E-state index is 2.43. The fraction of sp³-hybridized carbons (Fsp3) is 0. The maximum absolute atomic E-state index is 2.43. The van der Waals surface area contributed by atoms with Crippen molar-refractivity contribution >= 4 is 83.4 Å². The fourth-order valence-corrected chi connectivity index (χ4v) is 9.91. The molecule has 0 saturated heterocycles. The van der Waals surface area contributed by atoms with Crippen LogP contribution < -0.4 is 4.90 Å². The summed E-state index contributed by atoms with van der Waals surface area (Å²) in [5.74, 6) is 0. The van der Waals surface area contributed by atoms with Gasteiger partial charge in [-0.2, -0.15) is 0 Å². The molecule has 2 nitrogen and oxygen atoms in total. The predicted molar refractivity (Wildman–Crippen MR) is 210 cm³/mol. The molecular formula is C46H30N2Se. The zero-order chi connectivity index (χ0) is 32.3. The first kappa shape index (κ1) is 28.2. The quantitative estimate of drug-likeness (QED) is 0.163. The fourth-order valence-electron chi connectivity index (χ4n) is 7.52. The Hall–Kier alpha value is -5.86. The van der Waals surface area contributed by atoms with Crippen LogP contribution in [0.2, 0.25) is 0 Å². The van der Waals surface area contributed by atoms with Crippen molar-refractivity contribution in [2.24, 2.45) is 0 Å². The van der Waals surface area contributed by atoms with Gasteiger partial charge in [0.15, 0.2) is 0 Å². The Kier molecular flexibility index (Phi) is 6.55. The van der Waals surface area contributed by atoms with Crippen LogP contribution >= 0.6 is 0 Å². The number of nitrogens with zero attached hydrogens (tertiary/aromatic N) is 2. The first-order valence-corrected chi connectivity index (χ1v) is 18.4. The predicted octanol–water partition coefficient (Wildman–Crippen LogP) is 12.4. The molecule has 0 unspecified atom stereocenters. The van der Waals surface area contributed by atoms with Crippen LogP contribution in [0, 0.1) is 0 Å². The Morgan fingerprint density at radius 1 is 0.388 bits per heavy atom. The molecule has 0 spiro atoms. The summed E-state index contributed by atoms with van der Waals surface area (Å²) in [5.41, 5.74) is 9.52. The summed E-state index contributed by atoms with van der Waals surface area (Å²) in [7, 11) is 0. The van der Waals surface area contributed by atoms with E-state index < -0.39 is 0 Å². The van der Waals surface area contributed by atoms with Gasteiger partial charge in [0.2, 0.25) is 0 Å². The second kappa shape index (κ2) is 11.4. The molecule has 0 bridgehead atoms. The molecule has 2 aromatic heterocycles. The number of benzene rings is 8. The van der Waals surface area contributed by atoms with Crippen molar-refractivity contribution in [1.82, 2.24) is 4.57 Å².